The van der Waals surface area contributed by atoms with Crippen molar-refractivity contribution in [3.63, 3.8) is 0 Å². The van der Waals surface area contributed by atoms with Crippen LogP contribution in [-0.2, 0) is 9.53 Å². The highest BCUT2D eigenvalue weighted by atomic mass is 16.5. The molecule has 30 heavy (non-hydrogen) atoms. The highest BCUT2D eigenvalue weighted by Crippen LogP contribution is 2.70. The molecule has 0 radical (unpaired) electrons. The smallest absolute Gasteiger partial charge is 0.335 e. The van der Waals surface area contributed by atoms with Crippen LogP contribution in [0.2, 0.25) is 0 Å². The lowest BCUT2D eigenvalue weighted by atomic mass is 9.45. The van der Waals surface area contributed by atoms with Crippen molar-refractivity contribution < 1.29 is 19.1 Å². The largest absolute Gasteiger partial charge is 0.460 e. The van der Waals surface area contributed by atoms with Gasteiger partial charge in [0.15, 0.2) is 0 Å². The third-order valence-corrected chi connectivity index (χ3v) is 9.61. The highest BCUT2D eigenvalue weighted by molar-refractivity contribution is 5.39. The zero-order valence-corrected chi connectivity index (χ0v) is 17.9. The standard InChI is InChI=1S/C25H32O5/c1-23-10-7-18(30-15-26)13-17(23)4-5-21-20(23)8-11-24(2)19(9-12-25(21,24)28)16-3-6-22(27)29-14-16/h3,6,13-15,18-21,28H,4-5,7-12H2,1-2H3/t18-,19+,20-,21+,23-,24+,25-/m0/s1. The molecule has 0 amide bonds. The lowest BCUT2D eigenvalue weighted by Gasteiger charge is -2.61. The lowest BCUT2D eigenvalue weighted by molar-refractivity contribution is -0.178. The summed E-state index contributed by atoms with van der Waals surface area (Å²) < 4.78 is 10.4. The van der Waals surface area contributed by atoms with Gasteiger partial charge in [0.25, 0.3) is 6.47 Å². The third kappa shape index (κ3) is 2.63. The van der Waals surface area contributed by atoms with Gasteiger partial charge in [0, 0.05) is 11.5 Å². The Kier molecular flexibility index (Phi) is 4.55. The molecule has 0 aromatic carbocycles. The number of carbonyl (C=O) groups excluding carboxylic acids is 1. The number of hydrogen-bond donors (Lipinski definition) is 1. The van der Waals surface area contributed by atoms with Gasteiger partial charge in [0.2, 0.25) is 0 Å². The molecular weight excluding hydrogens is 380 g/mol. The van der Waals surface area contributed by atoms with Crippen LogP contribution in [0.5, 0.6) is 0 Å². The van der Waals surface area contributed by atoms with Crippen molar-refractivity contribution in [1.82, 2.24) is 0 Å². The Morgan fingerprint density at radius 3 is 2.67 bits per heavy atom. The normalized spacial score (nSPS) is 45.0. The molecule has 0 bridgehead atoms. The van der Waals surface area contributed by atoms with Crippen LogP contribution >= 0.6 is 0 Å². The molecule has 7 atom stereocenters. The fourth-order valence-electron chi connectivity index (χ4n) is 7.95. The van der Waals surface area contributed by atoms with E-state index in [1.54, 1.807) is 6.26 Å². The second-order valence-corrected chi connectivity index (χ2v) is 10.5. The molecule has 0 saturated heterocycles. The Morgan fingerprint density at radius 1 is 1.10 bits per heavy atom. The number of carbonyl (C=O) groups is 1. The van der Waals surface area contributed by atoms with Gasteiger partial charge in [-0.25, -0.2) is 4.79 Å². The van der Waals surface area contributed by atoms with Gasteiger partial charge in [-0.2, -0.15) is 0 Å². The first-order chi connectivity index (χ1) is 14.3. The fraction of sp³-hybridized carbons (Fsp3) is 0.680. The topological polar surface area (TPSA) is 76.7 Å². The minimum absolute atomic E-state index is 0.0837. The number of hydrogen-bond acceptors (Lipinski definition) is 5. The van der Waals surface area contributed by atoms with Crippen molar-refractivity contribution in [2.75, 3.05) is 0 Å². The average Bonchev–Trinajstić information content (AvgIpc) is 3.01. The Bertz CT molecular complexity index is 913. The summed E-state index contributed by atoms with van der Waals surface area (Å²) in [5, 5.41) is 12.2. The number of ether oxygens (including phenoxy) is 1. The van der Waals surface area contributed by atoms with Crippen LogP contribution in [0, 0.1) is 22.7 Å². The molecule has 5 heteroatoms. The first-order valence-electron chi connectivity index (χ1n) is 11.4. The molecule has 1 heterocycles. The molecule has 1 N–H and O–H groups in total. The Morgan fingerprint density at radius 2 is 1.93 bits per heavy atom. The molecule has 162 valence electrons. The Labute approximate surface area is 177 Å². The molecular formula is C25H32O5. The summed E-state index contributed by atoms with van der Waals surface area (Å²) >= 11 is 0. The highest BCUT2D eigenvalue weighted by Gasteiger charge is 2.66. The van der Waals surface area contributed by atoms with Crippen molar-refractivity contribution in [3.05, 3.63) is 46.0 Å². The molecule has 4 aliphatic carbocycles. The summed E-state index contributed by atoms with van der Waals surface area (Å²) in [6.07, 6.45) is 11.4. The maximum atomic E-state index is 12.2. The van der Waals surface area contributed by atoms with Gasteiger partial charge in [0.1, 0.15) is 6.10 Å². The van der Waals surface area contributed by atoms with E-state index in [1.165, 1.54) is 11.6 Å². The van der Waals surface area contributed by atoms with Gasteiger partial charge >= 0.3 is 5.63 Å². The zero-order chi connectivity index (χ0) is 21.1. The van der Waals surface area contributed by atoms with Gasteiger partial charge in [-0.1, -0.05) is 19.4 Å². The van der Waals surface area contributed by atoms with Gasteiger partial charge in [-0.05, 0) is 92.2 Å². The summed E-state index contributed by atoms with van der Waals surface area (Å²) in [6.45, 7) is 5.20. The van der Waals surface area contributed by atoms with Crippen LogP contribution in [0.3, 0.4) is 0 Å². The number of allylic oxidation sites excluding steroid dienone is 1. The molecule has 1 aromatic rings. The monoisotopic (exact) mass is 412 g/mol. The van der Waals surface area contributed by atoms with E-state index in [0.717, 1.165) is 56.9 Å². The first-order valence-corrected chi connectivity index (χ1v) is 11.4. The van der Waals surface area contributed by atoms with Gasteiger partial charge < -0.3 is 14.3 Å². The summed E-state index contributed by atoms with van der Waals surface area (Å²) in [7, 11) is 0. The average molecular weight is 413 g/mol. The van der Waals surface area contributed by atoms with Crippen LogP contribution in [0.25, 0.3) is 0 Å². The van der Waals surface area contributed by atoms with Gasteiger partial charge in [-0.3, -0.25) is 4.79 Å². The maximum Gasteiger partial charge on any atom is 0.335 e. The lowest BCUT2D eigenvalue weighted by Crippen LogP contribution is -2.60. The predicted molar refractivity (Wildman–Crippen MR) is 112 cm³/mol. The van der Waals surface area contributed by atoms with E-state index in [4.69, 9.17) is 9.15 Å². The molecule has 0 unspecified atom stereocenters. The van der Waals surface area contributed by atoms with E-state index < -0.39 is 5.60 Å². The van der Waals surface area contributed by atoms with Crippen LogP contribution in [0.1, 0.15) is 76.7 Å². The second kappa shape index (κ2) is 6.81. The van der Waals surface area contributed by atoms with E-state index in [1.807, 2.05) is 6.07 Å². The Hall–Kier alpha value is -1.88. The van der Waals surface area contributed by atoms with E-state index in [9.17, 15) is 14.7 Å². The summed E-state index contributed by atoms with van der Waals surface area (Å²) in [4.78, 5) is 22.2. The van der Waals surface area contributed by atoms with E-state index >= 15 is 0 Å². The van der Waals surface area contributed by atoms with Crippen molar-refractivity contribution in [3.8, 4) is 0 Å². The number of aliphatic hydroxyl groups is 1. The molecule has 5 nitrogen and oxygen atoms in total. The molecule has 4 aliphatic rings. The number of rotatable bonds is 3. The summed E-state index contributed by atoms with van der Waals surface area (Å²) in [5.74, 6) is 0.956. The zero-order valence-electron chi connectivity index (χ0n) is 17.9. The van der Waals surface area contributed by atoms with Crippen LogP contribution in [0.4, 0.5) is 0 Å². The van der Waals surface area contributed by atoms with Crippen molar-refractivity contribution in [2.24, 2.45) is 22.7 Å². The number of fused-ring (bicyclic) bond motifs is 5. The summed E-state index contributed by atoms with van der Waals surface area (Å²) in [5.41, 5.74) is 1.33. The Balaban J connectivity index is 1.47. The van der Waals surface area contributed by atoms with Crippen LogP contribution < -0.4 is 5.63 Å². The molecule has 0 spiro atoms. The minimum atomic E-state index is -0.693. The van der Waals surface area contributed by atoms with Gasteiger partial charge in [0.05, 0.1) is 11.9 Å². The first kappa shape index (κ1) is 20.0. The molecule has 3 saturated carbocycles. The predicted octanol–water partition coefficient (Wildman–Crippen LogP) is 4.34. The van der Waals surface area contributed by atoms with Crippen molar-refractivity contribution in [2.45, 2.75) is 82.8 Å². The van der Waals surface area contributed by atoms with E-state index in [-0.39, 0.29) is 34.4 Å². The minimum Gasteiger partial charge on any atom is -0.460 e. The SMILES string of the molecule is C[C@]12CC[C@H](OC=O)C=C1CC[C@@H]1[C@@H]2CC[C@]2(C)[C@@H](c3ccc(=O)oc3)CC[C@]12O. The second-order valence-electron chi connectivity index (χ2n) is 10.5. The molecule has 1 aromatic heterocycles. The molecule has 0 aliphatic heterocycles. The molecule has 5 rings (SSSR count). The maximum absolute atomic E-state index is 12.2. The van der Waals surface area contributed by atoms with E-state index in [0.29, 0.717) is 12.4 Å². The van der Waals surface area contributed by atoms with Crippen molar-refractivity contribution >= 4 is 6.47 Å². The van der Waals surface area contributed by atoms with E-state index in [2.05, 4.69) is 19.9 Å². The summed E-state index contributed by atoms with van der Waals surface area (Å²) in [6, 6.07) is 3.39. The molecule has 3 fully saturated rings. The van der Waals surface area contributed by atoms with Crippen LogP contribution in [-0.4, -0.2) is 23.3 Å². The quantitative estimate of drug-likeness (QED) is 0.590. The van der Waals surface area contributed by atoms with Crippen LogP contribution in [0.15, 0.2) is 39.3 Å². The van der Waals surface area contributed by atoms with Gasteiger partial charge in [-0.15, -0.1) is 0 Å². The fourth-order valence-corrected chi connectivity index (χ4v) is 7.95. The van der Waals surface area contributed by atoms with Crippen molar-refractivity contribution in [1.29, 1.82) is 0 Å². The third-order valence-electron chi connectivity index (χ3n) is 9.61.